The van der Waals surface area contributed by atoms with Crippen LogP contribution in [0.1, 0.15) is 32.8 Å². The first kappa shape index (κ1) is 22.5. The minimum absolute atomic E-state index is 0.0198. The molecule has 3 rings (SSSR count). The molecule has 0 bridgehead atoms. The van der Waals surface area contributed by atoms with Crippen molar-refractivity contribution in [3.63, 3.8) is 0 Å². The van der Waals surface area contributed by atoms with Gasteiger partial charge in [0, 0.05) is 18.5 Å². The molecule has 2 aromatic carbocycles. The number of sulfonamides is 1. The van der Waals surface area contributed by atoms with Gasteiger partial charge in [0.1, 0.15) is 5.58 Å². The van der Waals surface area contributed by atoms with Gasteiger partial charge in [0.2, 0.25) is 10.0 Å². The molecule has 162 valence electrons. The van der Waals surface area contributed by atoms with Crippen molar-refractivity contribution in [2.75, 3.05) is 13.1 Å². The summed E-state index contributed by atoms with van der Waals surface area (Å²) in [7, 11) is -3.74. The third-order valence-electron chi connectivity index (χ3n) is 5.43. The molecule has 0 amide bonds. The van der Waals surface area contributed by atoms with Crippen LogP contribution in [0.2, 0.25) is 0 Å². The lowest BCUT2D eigenvalue weighted by Gasteiger charge is -2.30. The summed E-state index contributed by atoms with van der Waals surface area (Å²) < 4.78 is 33.6. The van der Waals surface area contributed by atoms with Crippen LogP contribution in [0.5, 0.6) is 0 Å². The average molecular weight is 430 g/mol. The van der Waals surface area contributed by atoms with Crippen molar-refractivity contribution >= 4 is 21.0 Å². The van der Waals surface area contributed by atoms with E-state index in [1.165, 1.54) is 4.31 Å². The number of hydrogen-bond donors (Lipinski definition) is 1. The van der Waals surface area contributed by atoms with Crippen molar-refractivity contribution in [2.24, 2.45) is 11.8 Å². The van der Waals surface area contributed by atoms with E-state index in [9.17, 15) is 13.5 Å². The summed E-state index contributed by atoms with van der Waals surface area (Å²) in [6.07, 6.45) is 2.29. The van der Waals surface area contributed by atoms with Crippen LogP contribution in [0.15, 0.2) is 70.2 Å². The lowest BCUT2D eigenvalue weighted by molar-refractivity contribution is 0.0821. The number of fused-ring (bicyclic) bond motifs is 1. The molecule has 1 N–H and O–H groups in total. The second-order valence-electron chi connectivity index (χ2n) is 8.26. The van der Waals surface area contributed by atoms with Crippen LogP contribution in [-0.2, 0) is 16.4 Å². The van der Waals surface area contributed by atoms with Gasteiger partial charge in [0.15, 0.2) is 0 Å². The van der Waals surface area contributed by atoms with E-state index in [0.29, 0.717) is 12.1 Å². The van der Waals surface area contributed by atoms with E-state index in [1.807, 2.05) is 51.1 Å². The number of rotatable bonds is 10. The van der Waals surface area contributed by atoms with Gasteiger partial charge in [-0.25, -0.2) is 8.42 Å². The fourth-order valence-electron chi connectivity index (χ4n) is 3.76. The van der Waals surface area contributed by atoms with Gasteiger partial charge in [-0.3, -0.25) is 0 Å². The van der Waals surface area contributed by atoms with Crippen LogP contribution >= 0.6 is 0 Å². The molecule has 5 nitrogen and oxygen atoms in total. The molecule has 0 spiro atoms. The van der Waals surface area contributed by atoms with E-state index >= 15 is 0 Å². The Morgan fingerprint density at radius 2 is 1.77 bits per heavy atom. The third kappa shape index (κ3) is 5.31. The number of furan rings is 1. The van der Waals surface area contributed by atoms with Gasteiger partial charge >= 0.3 is 0 Å². The van der Waals surface area contributed by atoms with Gasteiger partial charge in [0.25, 0.3) is 0 Å². The first-order valence-electron chi connectivity index (χ1n) is 10.5. The number of aliphatic hydroxyl groups excluding tert-OH is 1. The maximum atomic E-state index is 13.4. The Hall–Kier alpha value is -2.15. The van der Waals surface area contributed by atoms with Crippen LogP contribution in [0.4, 0.5) is 0 Å². The molecule has 0 radical (unpaired) electrons. The van der Waals surface area contributed by atoms with Crippen LogP contribution in [0.25, 0.3) is 11.0 Å². The number of nitrogens with zero attached hydrogens (tertiary/aromatic N) is 1. The largest absolute Gasteiger partial charge is 0.464 e. The summed E-state index contributed by atoms with van der Waals surface area (Å²) >= 11 is 0. The van der Waals surface area contributed by atoms with Gasteiger partial charge in [0.05, 0.1) is 17.3 Å². The summed E-state index contributed by atoms with van der Waals surface area (Å²) in [6, 6.07) is 16.6. The minimum Gasteiger partial charge on any atom is -0.464 e. The Bertz CT molecular complexity index is 1040. The summed E-state index contributed by atoms with van der Waals surface area (Å²) in [6.45, 7) is 6.43. The smallest absolute Gasteiger partial charge is 0.243 e. The first-order chi connectivity index (χ1) is 14.3. The molecule has 0 aliphatic heterocycles. The molecule has 1 heterocycles. The zero-order valence-electron chi connectivity index (χ0n) is 17.9. The van der Waals surface area contributed by atoms with Gasteiger partial charge < -0.3 is 9.52 Å². The maximum absolute atomic E-state index is 13.4. The van der Waals surface area contributed by atoms with Crippen molar-refractivity contribution < 1.29 is 17.9 Å². The highest BCUT2D eigenvalue weighted by atomic mass is 32.2. The maximum Gasteiger partial charge on any atom is 0.243 e. The molecule has 1 aromatic heterocycles. The van der Waals surface area contributed by atoms with Gasteiger partial charge in [-0.2, -0.15) is 4.31 Å². The number of benzene rings is 2. The van der Waals surface area contributed by atoms with Gasteiger partial charge in [-0.15, -0.1) is 0 Å². The van der Waals surface area contributed by atoms with Crippen molar-refractivity contribution in [1.82, 2.24) is 4.31 Å². The van der Waals surface area contributed by atoms with Crippen molar-refractivity contribution in [1.29, 1.82) is 0 Å². The predicted octanol–water partition coefficient (Wildman–Crippen LogP) is 4.71. The number of hydrogen-bond acceptors (Lipinski definition) is 4. The quantitative estimate of drug-likeness (QED) is 0.507. The predicted molar refractivity (Wildman–Crippen MR) is 120 cm³/mol. The van der Waals surface area contributed by atoms with Gasteiger partial charge in [-0.1, -0.05) is 57.5 Å². The minimum atomic E-state index is -3.74. The Labute approximate surface area is 179 Å². The normalized spacial score (nSPS) is 14.5. The van der Waals surface area contributed by atoms with Gasteiger partial charge in [-0.05, 0) is 48.1 Å². The van der Waals surface area contributed by atoms with E-state index in [2.05, 4.69) is 0 Å². The second-order valence-corrected chi connectivity index (χ2v) is 10.2. The molecule has 3 aromatic rings. The summed E-state index contributed by atoms with van der Waals surface area (Å²) in [5.74, 6) is 0.118. The third-order valence-corrected chi connectivity index (χ3v) is 7.26. The lowest BCUT2D eigenvalue weighted by Crippen LogP contribution is -2.42. The average Bonchev–Trinajstić information content (AvgIpc) is 3.19. The van der Waals surface area contributed by atoms with Crippen molar-refractivity contribution in [3.8, 4) is 0 Å². The molecule has 0 aliphatic rings. The van der Waals surface area contributed by atoms with Crippen LogP contribution in [0.3, 0.4) is 0 Å². The highest BCUT2D eigenvalue weighted by Gasteiger charge is 2.30. The van der Waals surface area contributed by atoms with E-state index in [0.717, 1.165) is 23.8 Å². The molecular formula is C24H31NO4S. The highest BCUT2D eigenvalue weighted by molar-refractivity contribution is 7.89. The van der Waals surface area contributed by atoms with E-state index in [-0.39, 0.29) is 23.3 Å². The molecule has 0 unspecified atom stereocenters. The van der Waals surface area contributed by atoms with E-state index in [4.69, 9.17) is 4.42 Å². The Balaban J connectivity index is 1.83. The van der Waals surface area contributed by atoms with Crippen molar-refractivity contribution in [3.05, 3.63) is 66.4 Å². The number of aliphatic hydroxyl groups is 1. The highest BCUT2D eigenvalue weighted by Crippen LogP contribution is 2.25. The molecule has 0 saturated heterocycles. The van der Waals surface area contributed by atoms with E-state index < -0.39 is 16.1 Å². The van der Waals surface area contributed by atoms with Crippen LogP contribution < -0.4 is 0 Å². The lowest BCUT2D eigenvalue weighted by atomic mass is 9.91. The second kappa shape index (κ2) is 9.77. The first-order valence-corrected chi connectivity index (χ1v) is 11.9. The molecule has 2 atom stereocenters. The molecule has 6 heteroatoms. The topological polar surface area (TPSA) is 70.8 Å². The molecule has 30 heavy (non-hydrogen) atoms. The van der Waals surface area contributed by atoms with Crippen LogP contribution in [0, 0.1) is 11.8 Å². The molecule has 0 saturated carbocycles. The van der Waals surface area contributed by atoms with Crippen molar-refractivity contribution in [2.45, 2.75) is 44.6 Å². The zero-order valence-corrected chi connectivity index (χ0v) is 18.7. The fourth-order valence-corrected chi connectivity index (χ4v) is 5.42. The Morgan fingerprint density at radius 1 is 1.03 bits per heavy atom. The summed E-state index contributed by atoms with van der Waals surface area (Å²) in [5.41, 5.74) is 1.80. The Morgan fingerprint density at radius 3 is 2.43 bits per heavy atom. The zero-order chi connectivity index (χ0) is 21.7. The SMILES string of the molecule is CC[C@@H](Cc1ccccc1)[C@H](O)CN(CC(C)C)S(=O)(=O)c1ccc2occc2c1. The summed E-state index contributed by atoms with van der Waals surface area (Å²) in [5, 5.41) is 11.7. The monoisotopic (exact) mass is 429 g/mol. The molecule has 0 aliphatic carbocycles. The van der Waals surface area contributed by atoms with Crippen LogP contribution in [-0.4, -0.2) is 37.0 Å². The molecular weight excluding hydrogens is 398 g/mol. The fraction of sp³-hybridized carbons (Fsp3) is 0.417. The molecule has 0 fully saturated rings. The van der Waals surface area contributed by atoms with E-state index in [1.54, 1.807) is 30.5 Å². The summed E-state index contributed by atoms with van der Waals surface area (Å²) in [4.78, 5) is 0.223. The standard InChI is InChI=1S/C24H31NO4S/c1-4-20(14-19-8-6-5-7-9-19)23(26)17-25(16-18(2)3)30(27,28)22-10-11-24-21(15-22)12-13-29-24/h5-13,15,18,20,23,26H,4,14,16-17H2,1-3H3/t20-,23+/m0/s1. The Kier molecular flexibility index (Phi) is 7.34.